The highest BCUT2D eigenvalue weighted by Crippen LogP contribution is 2.04. The lowest BCUT2D eigenvalue weighted by molar-refractivity contribution is 0.919. The molecule has 11 heavy (non-hydrogen) atoms. The van der Waals surface area contributed by atoms with Gasteiger partial charge in [0.1, 0.15) is 0 Å². The topological polar surface area (TPSA) is 56.2 Å². The van der Waals surface area contributed by atoms with E-state index < -0.39 is 0 Å². The smallest absolute Gasteiger partial charge is 0.155 e. The summed E-state index contributed by atoms with van der Waals surface area (Å²) < 4.78 is 1.67. The van der Waals surface area contributed by atoms with E-state index in [2.05, 4.69) is 10.1 Å². The Labute approximate surface area is 63.7 Å². The molecule has 0 fully saturated rings. The number of nitrogens with zero attached hydrogens (tertiary/aromatic N) is 3. The second-order valence-electron chi connectivity index (χ2n) is 2.48. The number of hydrogen-bond donors (Lipinski definition) is 1. The van der Waals surface area contributed by atoms with E-state index in [0.717, 1.165) is 11.3 Å². The molecule has 0 unspecified atom stereocenters. The van der Waals surface area contributed by atoms with E-state index in [9.17, 15) is 0 Å². The Morgan fingerprint density at radius 3 is 3.18 bits per heavy atom. The van der Waals surface area contributed by atoms with Crippen LogP contribution < -0.4 is 5.73 Å². The molecule has 0 aliphatic rings. The Kier molecular flexibility index (Phi) is 1.09. The minimum Gasteiger partial charge on any atom is -0.396 e. The third kappa shape index (κ3) is 0.920. The van der Waals surface area contributed by atoms with Gasteiger partial charge in [0, 0.05) is 6.07 Å². The third-order valence-corrected chi connectivity index (χ3v) is 1.46. The first kappa shape index (κ1) is 6.15. The SMILES string of the molecule is Cc1cc2ncc(N)cn2n1. The van der Waals surface area contributed by atoms with Gasteiger partial charge in [0.15, 0.2) is 5.65 Å². The first-order valence-electron chi connectivity index (χ1n) is 3.33. The van der Waals surface area contributed by atoms with E-state index in [1.165, 1.54) is 0 Å². The quantitative estimate of drug-likeness (QED) is 0.595. The van der Waals surface area contributed by atoms with Crippen molar-refractivity contribution in [2.45, 2.75) is 6.92 Å². The van der Waals surface area contributed by atoms with Crippen LogP contribution in [0.4, 0.5) is 5.69 Å². The zero-order valence-electron chi connectivity index (χ0n) is 6.15. The van der Waals surface area contributed by atoms with Crippen molar-refractivity contribution >= 4 is 11.3 Å². The van der Waals surface area contributed by atoms with Crippen molar-refractivity contribution in [1.82, 2.24) is 14.6 Å². The molecule has 2 aromatic rings. The molecule has 0 saturated heterocycles. The van der Waals surface area contributed by atoms with Crippen LogP contribution in [0.15, 0.2) is 18.5 Å². The largest absolute Gasteiger partial charge is 0.396 e. The molecule has 2 N–H and O–H groups in total. The molecule has 0 radical (unpaired) electrons. The van der Waals surface area contributed by atoms with E-state index in [1.807, 2.05) is 13.0 Å². The zero-order chi connectivity index (χ0) is 7.84. The van der Waals surface area contributed by atoms with Crippen molar-refractivity contribution in [3.8, 4) is 0 Å². The summed E-state index contributed by atoms with van der Waals surface area (Å²) in [5.74, 6) is 0. The molecule has 0 atom stereocenters. The molecule has 2 aromatic heterocycles. The van der Waals surface area contributed by atoms with Crippen LogP contribution in [0.5, 0.6) is 0 Å². The fraction of sp³-hybridized carbons (Fsp3) is 0.143. The molecule has 56 valence electrons. The lowest BCUT2D eigenvalue weighted by Crippen LogP contribution is -1.93. The molecule has 2 rings (SSSR count). The molecule has 0 saturated carbocycles. The average Bonchev–Trinajstić information content (AvgIpc) is 2.27. The van der Waals surface area contributed by atoms with Gasteiger partial charge in [-0.3, -0.25) is 0 Å². The number of fused-ring (bicyclic) bond motifs is 1. The number of nitrogens with two attached hydrogens (primary N) is 1. The maximum atomic E-state index is 5.51. The van der Waals surface area contributed by atoms with E-state index >= 15 is 0 Å². The Bertz CT molecular complexity index is 390. The summed E-state index contributed by atoms with van der Waals surface area (Å²) in [6, 6.07) is 1.90. The molecular formula is C7H8N4. The van der Waals surface area contributed by atoms with Gasteiger partial charge in [0.25, 0.3) is 0 Å². The van der Waals surface area contributed by atoms with Gasteiger partial charge in [-0.25, -0.2) is 9.50 Å². The monoisotopic (exact) mass is 148 g/mol. The number of hydrogen-bond acceptors (Lipinski definition) is 3. The van der Waals surface area contributed by atoms with Crippen LogP contribution >= 0.6 is 0 Å². The number of anilines is 1. The first-order chi connectivity index (χ1) is 5.25. The average molecular weight is 148 g/mol. The fourth-order valence-corrected chi connectivity index (χ4v) is 1.01. The summed E-state index contributed by atoms with van der Waals surface area (Å²) in [6.45, 7) is 1.92. The van der Waals surface area contributed by atoms with Gasteiger partial charge in [0.2, 0.25) is 0 Å². The Hall–Kier alpha value is -1.58. The predicted molar refractivity (Wildman–Crippen MR) is 42.1 cm³/mol. The van der Waals surface area contributed by atoms with Gasteiger partial charge in [0.05, 0.1) is 23.8 Å². The number of nitrogen functional groups attached to an aromatic ring is 1. The van der Waals surface area contributed by atoms with Crippen LogP contribution in [0.1, 0.15) is 5.69 Å². The minimum absolute atomic E-state index is 0.626. The molecule has 0 bridgehead atoms. The number of aromatic nitrogens is 3. The second kappa shape index (κ2) is 1.95. The molecular weight excluding hydrogens is 140 g/mol. The van der Waals surface area contributed by atoms with E-state index in [0.29, 0.717) is 5.69 Å². The van der Waals surface area contributed by atoms with Gasteiger partial charge in [-0.05, 0) is 6.92 Å². The van der Waals surface area contributed by atoms with Crippen LogP contribution in [0.3, 0.4) is 0 Å². The predicted octanol–water partition coefficient (Wildman–Crippen LogP) is 0.620. The number of rotatable bonds is 0. The van der Waals surface area contributed by atoms with Crippen molar-refractivity contribution < 1.29 is 0 Å². The molecule has 0 spiro atoms. The normalized spacial score (nSPS) is 10.6. The summed E-state index contributed by atoms with van der Waals surface area (Å²) in [4.78, 5) is 4.08. The van der Waals surface area contributed by atoms with Gasteiger partial charge >= 0.3 is 0 Å². The van der Waals surface area contributed by atoms with Crippen molar-refractivity contribution in [2.24, 2.45) is 0 Å². The molecule has 4 nitrogen and oxygen atoms in total. The van der Waals surface area contributed by atoms with Gasteiger partial charge in [-0.1, -0.05) is 0 Å². The van der Waals surface area contributed by atoms with E-state index in [-0.39, 0.29) is 0 Å². The third-order valence-electron chi connectivity index (χ3n) is 1.46. The molecule has 0 aliphatic heterocycles. The molecule has 0 amide bonds. The second-order valence-corrected chi connectivity index (χ2v) is 2.48. The van der Waals surface area contributed by atoms with Crippen LogP contribution in [-0.2, 0) is 0 Å². The van der Waals surface area contributed by atoms with Crippen LogP contribution in [0.2, 0.25) is 0 Å². The number of aryl methyl sites for hydroxylation is 1. The Balaban J connectivity index is 2.82. The lowest BCUT2D eigenvalue weighted by Gasteiger charge is -1.92. The van der Waals surface area contributed by atoms with Crippen molar-refractivity contribution in [2.75, 3.05) is 5.73 Å². The summed E-state index contributed by atoms with van der Waals surface area (Å²) >= 11 is 0. The summed E-state index contributed by atoms with van der Waals surface area (Å²) in [5, 5.41) is 4.15. The van der Waals surface area contributed by atoms with Crippen LogP contribution in [0, 0.1) is 6.92 Å². The first-order valence-corrected chi connectivity index (χ1v) is 3.33. The Morgan fingerprint density at radius 2 is 2.36 bits per heavy atom. The standard InChI is InChI=1S/C7H8N4/c1-5-2-7-9-3-6(8)4-11(7)10-5/h2-4H,8H2,1H3. The van der Waals surface area contributed by atoms with Crippen molar-refractivity contribution in [3.63, 3.8) is 0 Å². The highest BCUT2D eigenvalue weighted by molar-refractivity contribution is 5.44. The van der Waals surface area contributed by atoms with Crippen LogP contribution in [0.25, 0.3) is 5.65 Å². The lowest BCUT2D eigenvalue weighted by atomic mass is 10.5. The minimum atomic E-state index is 0.626. The van der Waals surface area contributed by atoms with Crippen molar-refractivity contribution in [3.05, 3.63) is 24.2 Å². The van der Waals surface area contributed by atoms with Gasteiger partial charge < -0.3 is 5.73 Å². The summed E-state index contributed by atoms with van der Waals surface area (Å²) in [6.07, 6.45) is 3.37. The Morgan fingerprint density at radius 1 is 1.55 bits per heavy atom. The van der Waals surface area contributed by atoms with E-state index in [4.69, 9.17) is 5.73 Å². The van der Waals surface area contributed by atoms with Gasteiger partial charge in [-0.15, -0.1) is 0 Å². The van der Waals surface area contributed by atoms with Gasteiger partial charge in [-0.2, -0.15) is 5.10 Å². The fourth-order valence-electron chi connectivity index (χ4n) is 1.01. The summed E-state index contributed by atoms with van der Waals surface area (Å²) in [7, 11) is 0. The van der Waals surface area contributed by atoms with E-state index in [1.54, 1.807) is 16.9 Å². The maximum absolute atomic E-state index is 5.51. The van der Waals surface area contributed by atoms with Crippen LogP contribution in [-0.4, -0.2) is 14.6 Å². The highest BCUT2D eigenvalue weighted by atomic mass is 15.2. The molecule has 4 heteroatoms. The van der Waals surface area contributed by atoms with Crippen molar-refractivity contribution in [1.29, 1.82) is 0 Å². The summed E-state index contributed by atoms with van der Waals surface area (Å²) in [5.41, 5.74) is 7.91. The molecule has 2 heterocycles. The molecule has 0 aromatic carbocycles. The zero-order valence-corrected chi connectivity index (χ0v) is 6.15. The maximum Gasteiger partial charge on any atom is 0.155 e. The highest BCUT2D eigenvalue weighted by Gasteiger charge is 1.96. The molecule has 0 aliphatic carbocycles.